The molecule has 0 radical (unpaired) electrons. The summed E-state index contributed by atoms with van der Waals surface area (Å²) in [4.78, 5) is 6.99. The third kappa shape index (κ3) is 5.37. The second-order valence-electron chi connectivity index (χ2n) is 7.93. The Hall–Kier alpha value is -1.82. The second kappa shape index (κ2) is 8.27. The third-order valence-electron chi connectivity index (χ3n) is 4.40. The fourth-order valence-corrected chi connectivity index (χ4v) is 4.17. The summed E-state index contributed by atoms with van der Waals surface area (Å²) in [5.41, 5.74) is 2.84. The first-order chi connectivity index (χ1) is 12.8. The summed E-state index contributed by atoms with van der Waals surface area (Å²) in [6.45, 7) is 12.9. The Bertz CT molecular complexity index is 821. The lowest BCUT2D eigenvalue weighted by Crippen LogP contribution is -2.26. The van der Waals surface area contributed by atoms with Gasteiger partial charge in [-0.2, -0.15) is 0 Å². The van der Waals surface area contributed by atoms with Gasteiger partial charge in [0.1, 0.15) is 11.4 Å². The van der Waals surface area contributed by atoms with Crippen molar-refractivity contribution in [2.45, 2.75) is 57.5 Å². The molecule has 28 heavy (non-hydrogen) atoms. The lowest BCUT2D eigenvalue weighted by atomic mass is 9.99. The van der Waals surface area contributed by atoms with Crippen LogP contribution in [-0.2, 0) is 6.42 Å². The van der Waals surface area contributed by atoms with Crippen molar-refractivity contribution in [1.29, 1.82) is 0 Å². The minimum absolute atomic E-state index is 0.124. The fraction of sp³-hybridized carbons (Fsp3) is 0.500. The maximum absolute atomic E-state index is 13.8. The molecular formula is C22H30F2N2OS. The highest BCUT2D eigenvalue weighted by atomic mass is 32.2. The molecule has 0 aromatic heterocycles. The summed E-state index contributed by atoms with van der Waals surface area (Å²) in [7, 11) is 3.18. The van der Waals surface area contributed by atoms with Gasteiger partial charge in [-0.3, -0.25) is 4.99 Å². The predicted octanol–water partition coefficient (Wildman–Crippen LogP) is 5.94. The van der Waals surface area contributed by atoms with Crippen molar-refractivity contribution in [3.05, 3.63) is 47.3 Å². The standard InChI is InChI=1S/C22H30F2N2OS/c1-9-28-19-12-18-16(13-21(4,5)27-18)11-17(19)15(3)25-14(2)10-20(26(7)8)22(6,23)24/h10-12H,2,9,13H2,1,3-8H3/b20-10-,25-15?. The molecule has 0 aliphatic carbocycles. The van der Waals surface area contributed by atoms with Gasteiger partial charge in [-0.15, -0.1) is 11.8 Å². The largest absolute Gasteiger partial charge is 0.487 e. The summed E-state index contributed by atoms with van der Waals surface area (Å²) in [5, 5.41) is 0. The predicted molar refractivity (Wildman–Crippen MR) is 115 cm³/mol. The van der Waals surface area contributed by atoms with Crippen molar-refractivity contribution < 1.29 is 13.5 Å². The van der Waals surface area contributed by atoms with Gasteiger partial charge in [-0.1, -0.05) is 13.5 Å². The Kier molecular flexibility index (Phi) is 6.64. The maximum Gasteiger partial charge on any atom is 0.284 e. The van der Waals surface area contributed by atoms with Crippen molar-refractivity contribution in [2.24, 2.45) is 4.99 Å². The smallest absolute Gasteiger partial charge is 0.284 e. The second-order valence-corrected chi connectivity index (χ2v) is 9.23. The zero-order valence-electron chi connectivity index (χ0n) is 17.8. The molecule has 1 heterocycles. The van der Waals surface area contributed by atoms with Gasteiger partial charge in [0.05, 0.1) is 11.4 Å². The topological polar surface area (TPSA) is 24.8 Å². The van der Waals surface area contributed by atoms with Crippen LogP contribution in [0.5, 0.6) is 5.75 Å². The van der Waals surface area contributed by atoms with Gasteiger partial charge in [-0.25, -0.2) is 8.78 Å². The summed E-state index contributed by atoms with van der Waals surface area (Å²) in [6.07, 6.45) is 2.17. The van der Waals surface area contributed by atoms with E-state index in [0.29, 0.717) is 5.70 Å². The molecule has 0 N–H and O–H groups in total. The number of allylic oxidation sites excluding steroid dienone is 2. The molecule has 2 rings (SSSR count). The van der Waals surface area contributed by atoms with E-state index < -0.39 is 5.92 Å². The quantitative estimate of drug-likeness (QED) is 0.317. The molecule has 0 bridgehead atoms. The van der Waals surface area contributed by atoms with Gasteiger partial charge >= 0.3 is 0 Å². The van der Waals surface area contributed by atoms with E-state index >= 15 is 0 Å². The van der Waals surface area contributed by atoms with Gasteiger partial charge < -0.3 is 9.64 Å². The number of halogens is 2. The van der Waals surface area contributed by atoms with E-state index in [1.54, 1.807) is 25.9 Å². The van der Waals surface area contributed by atoms with Crippen LogP contribution in [0.1, 0.15) is 45.7 Å². The zero-order valence-corrected chi connectivity index (χ0v) is 18.6. The highest BCUT2D eigenvalue weighted by molar-refractivity contribution is 7.99. The molecule has 0 atom stereocenters. The highest BCUT2D eigenvalue weighted by Gasteiger charge is 2.31. The molecule has 1 aliphatic rings. The SMILES string of the molecule is C=C(/C=C(\N(C)C)C(C)(F)F)N=C(C)c1cc2c(cc1SCC)OC(C)(C)C2. The summed E-state index contributed by atoms with van der Waals surface area (Å²) in [5.74, 6) is -1.14. The molecule has 1 aromatic carbocycles. The summed E-state index contributed by atoms with van der Waals surface area (Å²) >= 11 is 1.71. The third-order valence-corrected chi connectivity index (χ3v) is 5.34. The minimum Gasteiger partial charge on any atom is -0.487 e. The van der Waals surface area contributed by atoms with Crippen molar-refractivity contribution in [2.75, 3.05) is 19.8 Å². The van der Waals surface area contributed by atoms with Crippen molar-refractivity contribution in [1.82, 2.24) is 4.90 Å². The molecule has 0 amide bonds. The monoisotopic (exact) mass is 408 g/mol. The highest BCUT2D eigenvalue weighted by Crippen LogP contribution is 2.39. The van der Waals surface area contributed by atoms with Gasteiger partial charge in [0, 0.05) is 43.6 Å². The molecule has 154 valence electrons. The Morgan fingerprint density at radius 2 is 2.04 bits per heavy atom. The maximum atomic E-state index is 13.8. The molecule has 0 saturated heterocycles. The fourth-order valence-electron chi connectivity index (χ4n) is 3.30. The van der Waals surface area contributed by atoms with E-state index in [2.05, 4.69) is 44.5 Å². The Morgan fingerprint density at radius 1 is 1.39 bits per heavy atom. The van der Waals surface area contributed by atoms with Crippen molar-refractivity contribution in [3.8, 4) is 5.75 Å². The van der Waals surface area contributed by atoms with Gasteiger partial charge in [0.25, 0.3) is 5.92 Å². The number of rotatable bonds is 7. The molecule has 0 unspecified atom stereocenters. The van der Waals surface area contributed by atoms with Crippen molar-refractivity contribution in [3.63, 3.8) is 0 Å². The van der Waals surface area contributed by atoms with Crippen LogP contribution in [0.3, 0.4) is 0 Å². The van der Waals surface area contributed by atoms with Crippen LogP contribution in [0.15, 0.2) is 46.1 Å². The number of benzene rings is 1. The van der Waals surface area contributed by atoms with Gasteiger partial charge in [0.2, 0.25) is 0 Å². The Balaban J connectivity index is 2.42. The number of hydrogen-bond donors (Lipinski definition) is 0. The molecule has 6 heteroatoms. The number of hydrogen-bond acceptors (Lipinski definition) is 4. The Morgan fingerprint density at radius 3 is 2.57 bits per heavy atom. The Labute approximate surface area is 171 Å². The van der Waals surface area contributed by atoms with Crippen LogP contribution < -0.4 is 4.74 Å². The first-order valence-corrected chi connectivity index (χ1v) is 10.3. The van der Waals surface area contributed by atoms with Crippen LogP contribution in [0.4, 0.5) is 8.78 Å². The van der Waals surface area contributed by atoms with Crippen LogP contribution in [0, 0.1) is 0 Å². The van der Waals surface area contributed by atoms with E-state index in [-0.39, 0.29) is 11.3 Å². The first-order valence-electron chi connectivity index (χ1n) is 9.34. The average molecular weight is 409 g/mol. The number of nitrogens with zero attached hydrogens (tertiary/aromatic N) is 2. The van der Waals surface area contributed by atoms with E-state index in [9.17, 15) is 8.78 Å². The number of alkyl halides is 2. The molecule has 0 fully saturated rings. The number of fused-ring (bicyclic) bond motifs is 1. The van der Waals surface area contributed by atoms with Crippen LogP contribution in [0.25, 0.3) is 0 Å². The first kappa shape index (κ1) is 22.5. The minimum atomic E-state index is -2.96. The molecule has 0 saturated carbocycles. The van der Waals surface area contributed by atoms with Crippen molar-refractivity contribution >= 4 is 17.5 Å². The lowest BCUT2D eigenvalue weighted by molar-refractivity contribution is 0.0387. The summed E-state index contributed by atoms with van der Waals surface area (Å²) < 4.78 is 33.7. The normalized spacial score (nSPS) is 16.6. The van der Waals surface area contributed by atoms with Gasteiger partial charge in [0.15, 0.2) is 0 Å². The molecule has 1 aromatic rings. The van der Waals surface area contributed by atoms with Crippen LogP contribution >= 0.6 is 11.8 Å². The van der Waals surface area contributed by atoms with E-state index in [0.717, 1.165) is 46.6 Å². The summed E-state index contributed by atoms with van der Waals surface area (Å²) in [6, 6.07) is 4.18. The average Bonchev–Trinajstić information content (AvgIpc) is 2.83. The van der Waals surface area contributed by atoms with Crippen LogP contribution in [0.2, 0.25) is 0 Å². The lowest BCUT2D eigenvalue weighted by Gasteiger charge is -2.23. The van der Waals surface area contributed by atoms with Crippen LogP contribution in [-0.4, -0.2) is 42.0 Å². The van der Waals surface area contributed by atoms with E-state index in [1.807, 2.05) is 6.92 Å². The number of aliphatic imine (C=N–C) groups is 1. The zero-order chi connectivity index (χ0) is 21.3. The molecule has 3 nitrogen and oxygen atoms in total. The molecule has 0 spiro atoms. The molecular weight excluding hydrogens is 378 g/mol. The molecule has 1 aliphatic heterocycles. The number of thioether (sulfide) groups is 1. The van der Waals surface area contributed by atoms with Gasteiger partial charge in [-0.05, 0) is 50.3 Å². The van der Waals surface area contributed by atoms with E-state index in [1.165, 1.54) is 11.0 Å². The number of ether oxygens (including phenoxy) is 1. The van der Waals surface area contributed by atoms with E-state index in [4.69, 9.17) is 4.74 Å².